The number of hydrogen-bond donors (Lipinski definition) is 1. The summed E-state index contributed by atoms with van der Waals surface area (Å²) in [7, 11) is 0. The van der Waals surface area contributed by atoms with Gasteiger partial charge in [0.25, 0.3) is 0 Å². The van der Waals surface area contributed by atoms with Gasteiger partial charge >= 0.3 is 0 Å². The van der Waals surface area contributed by atoms with Crippen LogP contribution in [0.2, 0.25) is 0 Å². The van der Waals surface area contributed by atoms with Crippen LogP contribution in [0.15, 0.2) is 11.6 Å². The lowest BCUT2D eigenvalue weighted by Crippen LogP contribution is -2.29. The highest BCUT2D eigenvalue weighted by atomic mass is 16.3. The summed E-state index contributed by atoms with van der Waals surface area (Å²) in [5, 5.41) is 10.8. The molecule has 1 fully saturated rings. The summed E-state index contributed by atoms with van der Waals surface area (Å²) in [6.07, 6.45) is 13.1. The maximum Gasteiger partial charge on any atom is 0.0862 e. The lowest BCUT2D eigenvalue weighted by molar-refractivity contribution is 0.0701. The van der Waals surface area contributed by atoms with E-state index in [1.54, 1.807) is 0 Å². The Bertz CT molecular complexity index is 277. The Morgan fingerprint density at radius 1 is 1.06 bits per heavy atom. The summed E-state index contributed by atoms with van der Waals surface area (Å²) < 4.78 is 0. The van der Waals surface area contributed by atoms with Gasteiger partial charge in [-0.3, -0.25) is 0 Å². The fraction of sp³-hybridized carbons (Fsp3) is 0.867. The van der Waals surface area contributed by atoms with E-state index in [0.717, 1.165) is 19.3 Å². The van der Waals surface area contributed by atoms with E-state index in [-0.39, 0.29) is 0 Å². The normalized spacial score (nSPS) is 35.3. The number of hydrogen-bond acceptors (Lipinski definition) is 1. The van der Waals surface area contributed by atoms with Gasteiger partial charge in [0.15, 0.2) is 0 Å². The first kappa shape index (κ1) is 12.2. The smallest absolute Gasteiger partial charge is 0.0862 e. The molecule has 2 aliphatic carbocycles. The van der Waals surface area contributed by atoms with E-state index >= 15 is 0 Å². The van der Waals surface area contributed by atoms with Crippen molar-refractivity contribution in [3.63, 3.8) is 0 Å². The maximum absolute atomic E-state index is 10.8. The maximum atomic E-state index is 10.8. The lowest BCUT2D eigenvalue weighted by Gasteiger charge is -2.29. The van der Waals surface area contributed by atoms with Crippen LogP contribution in [-0.2, 0) is 0 Å². The van der Waals surface area contributed by atoms with E-state index in [9.17, 15) is 5.11 Å². The molecule has 1 heteroatoms. The Morgan fingerprint density at radius 3 is 2.50 bits per heavy atom. The molecular weight excluding hydrogens is 196 g/mol. The van der Waals surface area contributed by atoms with E-state index < -0.39 is 5.60 Å². The van der Waals surface area contributed by atoms with E-state index in [1.807, 2.05) is 0 Å². The minimum Gasteiger partial charge on any atom is -0.385 e. The third kappa shape index (κ3) is 2.68. The second kappa shape index (κ2) is 4.52. The van der Waals surface area contributed by atoms with Gasteiger partial charge in [-0.1, -0.05) is 32.8 Å². The van der Waals surface area contributed by atoms with Crippen LogP contribution in [0.25, 0.3) is 0 Å². The van der Waals surface area contributed by atoms with Crippen LogP contribution in [0.4, 0.5) is 0 Å². The van der Waals surface area contributed by atoms with Gasteiger partial charge < -0.3 is 5.11 Å². The van der Waals surface area contributed by atoms with Crippen molar-refractivity contribution in [1.82, 2.24) is 0 Å². The predicted octanol–water partition coefficient (Wildman–Crippen LogP) is 4.21. The zero-order valence-corrected chi connectivity index (χ0v) is 10.9. The topological polar surface area (TPSA) is 20.2 Å². The summed E-state index contributed by atoms with van der Waals surface area (Å²) in [5.41, 5.74) is 1.23. The molecule has 0 bridgehead atoms. The predicted molar refractivity (Wildman–Crippen MR) is 68.4 cm³/mol. The van der Waals surface area contributed by atoms with Crippen molar-refractivity contribution >= 4 is 0 Å². The molecule has 2 aliphatic rings. The van der Waals surface area contributed by atoms with Gasteiger partial charge in [-0.15, -0.1) is 0 Å². The van der Waals surface area contributed by atoms with Gasteiger partial charge in [0, 0.05) is 0 Å². The molecule has 1 unspecified atom stereocenters. The van der Waals surface area contributed by atoms with Gasteiger partial charge in [-0.25, -0.2) is 0 Å². The molecule has 0 aromatic rings. The van der Waals surface area contributed by atoms with Crippen molar-refractivity contribution in [2.24, 2.45) is 5.41 Å². The molecular formula is C15H26O. The molecule has 0 spiro atoms. The van der Waals surface area contributed by atoms with Crippen LogP contribution >= 0.6 is 0 Å². The summed E-state index contributed by atoms with van der Waals surface area (Å²) in [6.45, 7) is 4.57. The number of rotatable bonds is 1. The minimum atomic E-state index is -0.457. The molecule has 1 nitrogen and oxygen atoms in total. The Hall–Kier alpha value is -0.300. The van der Waals surface area contributed by atoms with E-state index in [2.05, 4.69) is 19.9 Å². The van der Waals surface area contributed by atoms with E-state index in [1.165, 1.54) is 44.1 Å². The summed E-state index contributed by atoms with van der Waals surface area (Å²) in [5.74, 6) is 0. The largest absolute Gasteiger partial charge is 0.385 e. The van der Waals surface area contributed by atoms with Crippen LogP contribution < -0.4 is 0 Å². The van der Waals surface area contributed by atoms with Crippen LogP contribution in [0.1, 0.15) is 71.6 Å². The zero-order chi connectivity index (χ0) is 11.6. The van der Waals surface area contributed by atoms with Gasteiger partial charge in [-0.05, 0) is 55.9 Å². The first-order valence-electron chi connectivity index (χ1n) is 6.94. The molecule has 0 amide bonds. The molecule has 1 N–H and O–H groups in total. The van der Waals surface area contributed by atoms with Crippen LogP contribution in [0.5, 0.6) is 0 Å². The fourth-order valence-electron chi connectivity index (χ4n) is 3.40. The third-order valence-electron chi connectivity index (χ3n) is 4.38. The zero-order valence-electron chi connectivity index (χ0n) is 10.9. The first-order valence-corrected chi connectivity index (χ1v) is 6.94. The Balaban J connectivity index is 2.10. The van der Waals surface area contributed by atoms with Crippen molar-refractivity contribution in [2.45, 2.75) is 77.2 Å². The van der Waals surface area contributed by atoms with Crippen LogP contribution in [0.3, 0.4) is 0 Å². The molecule has 1 saturated carbocycles. The Kier molecular flexibility index (Phi) is 3.44. The Labute approximate surface area is 99.9 Å². The second-order valence-corrected chi connectivity index (χ2v) is 6.55. The molecule has 0 saturated heterocycles. The molecule has 0 aromatic carbocycles. The fourth-order valence-corrected chi connectivity index (χ4v) is 3.40. The molecule has 1 atom stereocenters. The molecule has 0 radical (unpaired) electrons. The van der Waals surface area contributed by atoms with Gasteiger partial charge in [-0.2, -0.15) is 0 Å². The Morgan fingerprint density at radius 2 is 1.81 bits per heavy atom. The van der Waals surface area contributed by atoms with E-state index in [0.29, 0.717) is 5.41 Å². The third-order valence-corrected chi connectivity index (χ3v) is 4.38. The molecule has 0 aromatic heterocycles. The average Bonchev–Trinajstić information content (AvgIpc) is 2.40. The van der Waals surface area contributed by atoms with Crippen molar-refractivity contribution < 1.29 is 5.11 Å². The lowest BCUT2D eigenvalue weighted by atomic mass is 9.82. The first-order chi connectivity index (χ1) is 7.52. The summed E-state index contributed by atoms with van der Waals surface area (Å²) in [4.78, 5) is 0. The minimum absolute atomic E-state index is 0.331. The summed E-state index contributed by atoms with van der Waals surface area (Å²) in [6, 6.07) is 0. The second-order valence-electron chi connectivity index (χ2n) is 6.55. The van der Waals surface area contributed by atoms with Crippen molar-refractivity contribution in [3.8, 4) is 0 Å². The number of allylic oxidation sites excluding steroid dienone is 1. The molecule has 0 heterocycles. The highest BCUT2D eigenvalue weighted by Gasteiger charge is 2.43. The molecule has 16 heavy (non-hydrogen) atoms. The van der Waals surface area contributed by atoms with Crippen molar-refractivity contribution in [1.29, 1.82) is 0 Å². The molecule has 2 rings (SSSR count). The molecule has 92 valence electrons. The van der Waals surface area contributed by atoms with Crippen molar-refractivity contribution in [2.75, 3.05) is 0 Å². The van der Waals surface area contributed by atoms with Crippen molar-refractivity contribution in [3.05, 3.63) is 11.6 Å². The van der Waals surface area contributed by atoms with Gasteiger partial charge in [0.1, 0.15) is 0 Å². The molecule has 0 aliphatic heterocycles. The quantitative estimate of drug-likeness (QED) is 0.659. The van der Waals surface area contributed by atoms with Gasteiger partial charge in [0.2, 0.25) is 0 Å². The van der Waals surface area contributed by atoms with E-state index in [4.69, 9.17) is 0 Å². The SMILES string of the molecule is CC1(C)CCC(O)(C2=CCCCCCC2)C1. The van der Waals surface area contributed by atoms with Crippen LogP contribution in [0, 0.1) is 5.41 Å². The number of aliphatic hydroxyl groups is 1. The summed E-state index contributed by atoms with van der Waals surface area (Å²) >= 11 is 0. The average molecular weight is 222 g/mol. The van der Waals surface area contributed by atoms with Gasteiger partial charge in [0.05, 0.1) is 5.60 Å². The monoisotopic (exact) mass is 222 g/mol. The van der Waals surface area contributed by atoms with Crippen LogP contribution in [-0.4, -0.2) is 10.7 Å². The highest BCUT2D eigenvalue weighted by Crippen LogP contribution is 2.48. The standard InChI is InChI=1S/C15H26O/c1-14(2)10-11-15(16,12-14)13-8-6-4-3-5-7-9-13/h8,16H,3-7,9-12H2,1-2H3. The highest BCUT2D eigenvalue weighted by molar-refractivity contribution is 5.20.